The van der Waals surface area contributed by atoms with E-state index in [-0.39, 0.29) is 12.0 Å². The van der Waals surface area contributed by atoms with Crippen LogP contribution in [0.3, 0.4) is 0 Å². The summed E-state index contributed by atoms with van der Waals surface area (Å²) in [5.74, 6) is 1.37. The maximum absolute atomic E-state index is 12.1. The number of hydrogen-bond donors (Lipinski definition) is 2. The second-order valence-corrected chi connectivity index (χ2v) is 5.47. The van der Waals surface area contributed by atoms with Crippen molar-refractivity contribution in [1.29, 1.82) is 0 Å². The van der Waals surface area contributed by atoms with Crippen molar-refractivity contribution in [3.63, 3.8) is 0 Å². The summed E-state index contributed by atoms with van der Waals surface area (Å²) in [5, 5.41) is 9.83. The van der Waals surface area contributed by atoms with Crippen LogP contribution < -0.4 is 5.32 Å². The van der Waals surface area contributed by atoms with Gasteiger partial charge in [-0.05, 0) is 19.1 Å². The summed E-state index contributed by atoms with van der Waals surface area (Å²) in [6.45, 7) is 4.50. The van der Waals surface area contributed by atoms with Gasteiger partial charge in [0.2, 0.25) is 5.91 Å². The lowest BCUT2D eigenvalue weighted by atomic mass is 10.2. The van der Waals surface area contributed by atoms with Crippen LogP contribution in [0.25, 0.3) is 0 Å². The molecule has 0 radical (unpaired) electrons. The number of amides is 1. The van der Waals surface area contributed by atoms with E-state index in [1.165, 1.54) is 0 Å². The van der Waals surface area contributed by atoms with Gasteiger partial charge in [0.1, 0.15) is 11.9 Å². The molecular formula is C15H20N6O2. The molecule has 8 nitrogen and oxygen atoms in total. The number of nitrogens with one attached hydrogen (secondary N) is 2. The Labute approximate surface area is 134 Å². The Morgan fingerprint density at radius 2 is 2.43 bits per heavy atom. The Bertz CT molecular complexity index is 644. The number of ether oxygens (including phenoxy) is 1. The molecule has 3 rings (SSSR count). The van der Waals surface area contributed by atoms with Crippen LogP contribution in [0.1, 0.15) is 23.4 Å². The molecule has 1 fully saturated rings. The number of nitrogens with zero attached hydrogens (tertiary/aromatic N) is 4. The number of H-pyrrole nitrogens is 1. The lowest BCUT2D eigenvalue weighted by Gasteiger charge is -2.30. The number of pyridine rings is 1. The molecule has 8 heteroatoms. The maximum Gasteiger partial charge on any atom is 0.234 e. The molecule has 1 aliphatic heterocycles. The monoisotopic (exact) mass is 316 g/mol. The van der Waals surface area contributed by atoms with Gasteiger partial charge in [-0.25, -0.2) is 4.98 Å². The Balaban J connectivity index is 1.48. The van der Waals surface area contributed by atoms with E-state index in [1.54, 1.807) is 6.20 Å². The fourth-order valence-electron chi connectivity index (χ4n) is 2.46. The van der Waals surface area contributed by atoms with Crippen molar-refractivity contribution in [1.82, 2.24) is 30.4 Å². The first-order chi connectivity index (χ1) is 11.2. The molecule has 2 aromatic heterocycles. The van der Waals surface area contributed by atoms with E-state index in [4.69, 9.17) is 4.74 Å². The number of aryl methyl sites for hydroxylation is 1. The molecule has 1 atom stereocenters. The molecule has 2 N–H and O–H groups in total. The Kier molecular flexibility index (Phi) is 4.94. The average molecular weight is 316 g/mol. The van der Waals surface area contributed by atoms with Gasteiger partial charge in [0, 0.05) is 19.3 Å². The second-order valence-electron chi connectivity index (χ2n) is 5.47. The van der Waals surface area contributed by atoms with Crippen molar-refractivity contribution >= 4 is 5.91 Å². The molecule has 1 amide bonds. The zero-order valence-electron chi connectivity index (χ0n) is 13.0. The van der Waals surface area contributed by atoms with Crippen molar-refractivity contribution in [3.8, 4) is 0 Å². The van der Waals surface area contributed by atoms with E-state index in [0.717, 1.165) is 18.1 Å². The number of aromatic amines is 1. The van der Waals surface area contributed by atoms with Crippen LogP contribution in [0.2, 0.25) is 0 Å². The normalized spacial score (nSPS) is 18.7. The zero-order valence-corrected chi connectivity index (χ0v) is 13.0. The quantitative estimate of drug-likeness (QED) is 0.818. The van der Waals surface area contributed by atoms with Gasteiger partial charge in [-0.15, -0.1) is 0 Å². The second kappa shape index (κ2) is 7.30. The van der Waals surface area contributed by atoms with Gasteiger partial charge in [0.15, 0.2) is 5.82 Å². The molecular weight excluding hydrogens is 296 g/mol. The van der Waals surface area contributed by atoms with Crippen molar-refractivity contribution in [2.75, 3.05) is 26.2 Å². The number of carbonyl (C=O) groups excluding carboxylic acids is 1. The Hall–Kier alpha value is -2.32. The molecule has 0 spiro atoms. The standard InChI is InChI=1S/C15H20N6O2/c1-11-18-15(20-19-11)13-9-21(6-7-23-13)10-14(22)17-8-12-4-2-3-5-16-12/h2-5,13H,6-10H2,1H3,(H,17,22)(H,18,19,20)/t13-/m1/s1. The van der Waals surface area contributed by atoms with E-state index in [9.17, 15) is 4.79 Å². The van der Waals surface area contributed by atoms with Gasteiger partial charge in [-0.2, -0.15) is 5.10 Å². The predicted molar refractivity (Wildman–Crippen MR) is 82.3 cm³/mol. The largest absolute Gasteiger partial charge is 0.367 e. The predicted octanol–water partition coefficient (Wildman–Crippen LogP) is 0.198. The minimum atomic E-state index is -0.197. The molecule has 1 saturated heterocycles. The van der Waals surface area contributed by atoms with Gasteiger partial charge in [-0.1, -0.05) is 6.07 Å². The molecule has 0 unspecified atom stereocenters. The number of carbonyl (C=O) groups is 1. The number of rotatable bonds is 5. The highest BCUT2D eigenvalue weighted by Gasteiger charge is 2.26. The summed E-state index contributed by atoms with van der Waals surface area (Å²) < 4.78 is 5.69. The molecule has 0 saturated carbocycles. The van der Waals surface area contributed by atoms with E-state index < -0.39 is 0 Å². The Morgan fingerprint density at radius 1 is 1.52 bits per heavy atom. The summed E-state index contributed by atoms with van der Waals surface area (Å²) in [4.78, 5) is 22.6. The smallest absolute Gasteiger partial charge is 0.234 e. The van der Waals surface area contributed by atoms with Gasteiger partial charge in [0.25, 0.3) is 0 Å². The van der Waals surface area contributed by atoms with Crippen LogP contribution in [-0.2, 0) is 16.1 Å². The summed E-state index contributed by atoms with van der Waals surface area (Å²) in [6.07, 6.45) is 1.52. The van der Waals surface area contributed by atoms with E-state index >= 15 is 0 Å². The zero-order chi connectivity index (χ0) is 16.1. The van der Waals surface area contributed by atoms with Crippen molar-refractivity contribution in [2.45, 2.75) is 19.6 Å². The summed E-state index contributed by atoms with van der Waals surface area (Å²) >= 11 is 0. The number of morpholine rings is 1. The van der Waals surface area contributed by atoms with Crippen LogP contribution in [0.4, 0.5) is 0 Å². The Morgan fingerprint density at radius 3 is 3.17 bits per heavy atom. The lowest BCUT2D eigenvalue weighted by molar-refractivity contribution is -0.124. The molecule has 0 aromatic carbocycles. The van der Waals surface area contributed by atoms with Crippen LogP contribution in [0.15, 0.2) is 24.4 Å². The average Bonchev–Trinajstić information content (AvgIpc) is 3.01. The first-order valence-electron chi connectivity index (χ1n) is 7.60. The topological polar surface area (TPSA) is 96.0 Å². The van der Waals surface area contributed by atoms with Crippen molar-refractivity contribution < 1.29 is 9.53 Å². The maximum atomic E-state index is 12.1. The van der Waals surface area contributed by atoms with Crippen LogP contribution in [0, 0.1) is 6.92 Å². The number of aromatic nitrogens is 4. The summed E-state index contributed by atoms with van der Waals surface area (Å²) in [7, 11) is 0. The van der Waals surface area contributed by atoms with Gasteiger partial charge < -0.3 is 10.1 Å². The molecule has 122 valence electrons. The highest BCUT2D eigenvalue weighted by Crippen LogP contribution is 2.18. The van der Waals surface area contributed by atoms with Crippen molar-refractivity contribution in [3.05, 3.63) is 41.7 Å². The van der Waals surface area contributed by atoms with Crippen LogP contribution in [-0.4, -0.2) is 57.2 Å². The van der Waals surface area contributed by atoms with Crippen molar-refractivity contribution in [2.24, 2.45) is 0 Å². The lowest BCUT2D eigenvalue weighted by Crippen LogP contribution is -2.44. The first-order valence-corrected chi connectivity index (χ1v) is 7.60. The van der Waals surface area contributed by atoms with Gasteiger partial charge in [-0.3, -0.25) is 19.8 Å². The minimum absolute atomic E-state index is 0.0255. The van der Waals surface area contributed by atoms with E-state index in [0.29, 0.717) is 32.1 Å². The van der Waals surface area contributed by atoms with Gasteiger partial charge in [0.05, 0.1) is 25.4 Å². The van der Waals surface area contributed by atoms with Gasteiger partial charge >= 0.3 is 0 Å². The molecule has 1 aliphatic rings. The summed E-state index contributed by atoms with van der Waals surface area (Å²) in [5.41, 5.74) is 0.844. The highest BCUT2D eigenvalue weighted by atomic mass is 16.5. The molecule has 2 aromatic rings. The fourth-order valence-corrected chi connectivity index (χ4v) is 2.46. The first kappa shape index (κ1) is 15.6. The molecule has 3 heterocycles. The van der Waals surface area contributed by atoms with Crippen LogP contribution in [0.5, 0.6) is 0 Å². The minimum Gasteiger partial charge on any atom is -0.367 e. The van der Waals surface area contributed by atoms with E-state index in [1.807, 2.05) is 30.0 Å². The molecule has 0 aliphatic carbocycles. The van der Waals surface area contributed by atoms with Crippen LogP contribution >= 0.6 is 0 Å². The SMILES string of the molecule is Cc1nc([C@H]2CN(CC(=O)NCc3ccccn3)CCO2)n[nH]1. The number of hydrogen-bond acceptors (Lipinski definition) is 6. The van der Waals surface area contributed by atoms with E-state index in [2.05, 4.69) is 25.5 Å². The fraction of sp³-hybridized carbons (Fsp3) is 0.467. The molecule has 0 bridgehead atoms. The highest BCUT2D eigenvalue weighted by molar-refractivity contribution is 5.77. The summed E-state index contributed by atoms with van der Waals surface area (Å²) in [6, 6.07) is 5.64. The molecule has 23 heavy (non-hydrogen) atoms. The third kappa shape index (κ3) is 4.33. The third-order valence-corrected chi connectivity index (χ3v) is 3.61. The third-order valence-electron chi connectivity index (χ3n) is 3.61.